The van der Waals surface area contributed by atoms with E-state index in [1.165, 1.54) is 11.3 Å². The second-order valence-corrected chi connectivity index (χ2v) is 9.37. The summed E-state index contributed by atoms with van der Waals surface area (Å²) >= 11 is 1.50. The Kier molecular flexibility index (Phi) is 6.07. The molecule has 0 radical (unpaired) electrons. The van der Waals surface area contributed by atoms with Crippen LogP contribution < -0.4 is 4.72 Å². The van der Waals surface area contributed by atoms with Gasteiger partial charge in [0.2, 0.25) is 10.0 Å². The van der Waals surface area contributed by atoms with E-state index in [1.54, 1.807) is 6.20 Å². The summed E-state index contributed by atoms with van der Waals surface area (Å²) in [5.41, 5.74) is 3.17. The van der Waals surface area contributed by atoms with Crippen LogP contribution >= 0.6 is 11.3 Å². The predicted molar refractivity (Wildman–Crippen MR) is 116 cm³/mol. The Bertz CT molecular complexity index is 1220. The molecule has 29 heavy (non-hydrogen) atoms. The van der Waals surface area contributed by atoms with E-state index in [-0.39, 0.29) is 6.54 Å². The second kappa shape index (κ2) is 8.37. The molecule has 0 spiro atoms. The Morgan fingerprint density at radius 1 is 1.45 bits per heavy atom. The number of rotatable bonds is 8. The van der Waals surface area contributed by atoms with Crippen molar-refractivity contribution in [3.8, 4) is 16.6 Å². The van der Waals surface area contributed by atoms with Crippen molar-refractivity contribution >= 4 is 38.0 Å². The number of nitrogens with one attached hydrogen (secondary N) is 1. The van der Waals surface area contributed by atoms with Crippen molar-refractivity contribution in [3.63, 3.8) is 0 Å². The number of sulfonamides is 1. The minimum atomic E-state index is -3.25. The number of ether oxygens (including phenoxy) is 1. The van der Waals surface area contributed by atoms with Crippen LogP contribution in [0.3, 0.4) is 0 Å². The summed E-state index contributed by atoms with van der Waals surface area (Å²) in [5, 5.41) is 11.2. The summed E-state index contributed by atoms with van der Waals surface area (Å²) < 4.78 is 32.4. The lowest BCUT2D eigenvalue weighted by atomic mass is 10.1. The third-order valence-corrected chi connectivity index (χ3v) is 6.31. The number of aryl methyl sites for hydroxylation is 1. The van der Waals surface area contributed by atoms with Gasteiger partial charge in [0, 0.05) is 35.8 Å². The number of benzene rings is 1. The molecule has 0 aliphatic carbocycles. The number of nitriles is 1. The summed E-state index contributed by atoms with van der Waals surface area (Å²) in [6.07, 6.45) is 2.87. The molecule has 2 heterocycles. The van der Waals surface area contributed by atoms with E-state index in [1.807, 2.05) is 36.6 Å². The molecular formula is C20H22N4O3S2. The molecule has 1 N–H and O–H groups in total. The molecule has 9 heteroatoms. The highest BCUT2D eigenvalue weighted by atomic mass is 32.2. The maximum Gasteiger partial charge on any atom is 0.208 e. The van der Waals surface area contributed by atoms with E-state index in [2.05, 4.69) is 22.4 Å². The maximum atomic E-state index is 11.3. The fourth-order valence-electron chi connectivity index (χ4n) is 3.07. The van der Waals surface area contributed by atoms with E-state index < -0.39 is 10.0 Å². The molecule has 0 bridgehead atoms. The molecule has 0 saturated carbocycles. The van der Waals surface area contributed by atoms with Gasteiger partial charge in [-0.1, -0.05) is 6.58 Å². The maximum absolute atomic E-state index is 11.3. The molecule has 3 rings (SSSR count). The topological polar surface area (TPSA) is 97.0 Å². The van der Waals surface area contributed by atoms with Gasteiger partial charge >= 0.3 is 0 Å². The monoisotopic (exact) mass is 430 g/mol. The lowest BCUT2D eigenvalue weighted by molar-refractivity contribution is 0.300. The van der Waals surface area contributed by atoms with Gasteiger partial charge < -0.3 is 9.30 Å². The summed E-state index contributed by atoms with van der Waals surface area (Å²) in [6.45, 7) is 9.03. The third kappa shape index (κ3) is 4.67. The van der Waals surface area contributed by atoms with Crippen molar-refractivity contribution in [2.75, 3.05) is 19.4 Å². The first-order valence-corrected chi connectivity index (χ1v) is 11.7. The standard InChI is InChI=1S/C20H22N4O3S2/c1-5-27-14(3)19-13(2)23-20(28-19)15-6-7-18-17(10-15)16(11-21)12-24(18)9-8-22-29(4,25)26/h6-7,10,12,22H,3,5,8-9H2,1-2,4H3. The molecule has 1 aromatic carbocycles. The van der Waals surface area contributed by atoms with Gasteiger partial charge in [-0.2, -0.15) is 5.26 Å². The number of aromatic nitrogens is 2. The molecule has 0 fully saturated rings. The Morgan fingerprint density at radius 3 is 2.86 bits per heavy atom. The Morgan fingerprint density at radius 2 is 2.21 bits per heavy atom. The van der Waals surface area contributed by atoms with E-state index in [0.717, 1.165) is 38.3 Å². The molecule has 3 aromatic rings. The van der Waals surface area contributed by atoms with E-state index >= 15 is 0 Å². The van der Waals surface area contributed by atoms with Crippen LogP contribution in [0, 0.1) is 18.3 Å². The molecule has 2 aromatic heterocycles. The highest BCUT2D eigenvalue weighted by molar-refractivity contribution is 7.88. The van der Waals surface area contributed by atoms with Crippen LogP contribution in [0.15, 0.2) is 31.0 Å². The number of nitrogens with zero attached hydrogens (tertiary/aromatic N) is 3. The molecule has 0 atom stereocenters. The number of hydrogen-bond acceptors (Lipinski definition) is 6. The van der Waals surface area contributed by atoms with Gasteiger partial charge in [0.15, 0.2) is 0 Å². The quantitative estimate of drug-likeness (QED) is 0.552. The van der Waals surface area contributed by atoms with Crippen molar-refractivity contribution in [2.45, 2.75) is 20.4 Å². The fraction of sp³-hybridized carbons (Fsp3) is 0.300. The third-order valence-electron chi connectivity index (χ3n) is 4.33. The zero-order valence-corrected chi connectivity index (χ0v) is 18.2. The Balaban J connectivity index is 1.95. The largest absolute Gasteiger partial charge is 0.493 e. The van der Waals surface area contributed by atoms with Crippen molar-refractivity contribution in [2.24, 2.45) is 0 Å². The first kappa shape index (κ1) is 21.0. The van der Waals surface area contributed by atoms with Crippen LogP contribution in [-0.4, -0.2) is 37.4 Å². The number of hydrogen-bond donors (Lipinski definition) is 1. The lowest BCUT2D eigenvalue weighted by Crippen LogP contribution is -2.25. The van der Waals surface area contributed by atoms with Crippen LogP contribution in [0.2, 0.25) is 0 Å². The zero-order chi connectivity index (χ0) is 21.2. The minimum Gasteiger partial charge on any atom is -0.493 e. The van der Waals surface area contributed by atoms with Gasteiger partial charge in [0.1, 0.15) is 16.8 Å². The average Bonchev–Trinajstić information content (AvgIpc) is 3.21. The van der Waals surface area contributed by atoms with Crippen molar-refractivity contribution in [1.82, 2.24) is 14.3 Å². The SMILES string of the molecule is C=C(OCC)c1sc(-c2ccc3c(c2)c(C#N)cn3CCNS(C)(=O)=O)nc1C. The number of thiazole rings is 1. The van der Waals surface area contributed by atoms with Crippen LogP contribution in [0.4, 0.5) is 0 Å². The molecule has 152 valence electrons. The Labute approximate surface area is 174 Å². The number of fused-ring (bicyclic) bond motifs is 1. The molecular weight excluding hydrogens is 408 g/mol. The van der Waals surface area contributed by atoms with E-state index in [9.17, 15) is 13.7 Å². The molecule has 0 amide bonds. The molecule has 0 unspecified atom stereocenters. The fourth-order valence-corrected chi connectivity index (χ4v) is 4.52. The summed E-state index contributed by atoms with van der Waals surface area (Å²) in [6, 6.07) is 8.05. The van der Waals surface area contributed by atoms with Crippen molar-refractivity contribution in [1.29, 1.82) is 5.26 Å². The van der Waals surface area contributed by atoms with Gasteiger partial charge in [-0.25, -0.2) is 18.1 Å². The average molecular weight is 431 g/mol. The van der Waals surface area contributed by atoms with Gasteiger partial charge in [0.05, 0.1) is 29.0 Å². The van der Waals surface area contributed by atoms with Crippen LogP contribution in [0.5, 0.6) is 0 Å². The minimum absolute atomic E-state index is 0.254. The molecule has 0 aliphatic heterocycles. The predicted octanol–water partition coefficient (Wildman–Crippen LogP) is 3.50. The lowest BCUT2D eigenvalue weighted by Gasteiger charge is -2.06. The molecule has 0 aliphatic rings. The second-order valence-electron chi connectivity index (χ2n) is 6.54. The normalized spacial score (nSPS) is 11.5. The van der Waals surface area contributed by atoms with Crippen LogP contribution in [0.1, 0.15) is 23.1 Å². The first-order valence-electron chi connectivity index (χ1n) is 9.01. The van der Waals surface area contributed by atoms with Gasteiger partial charge in [-0.3, -0.25) is 0 Å². The summed E-state index contributed by atoms with van der Waals surface area (Å²) in [4.78, 5) is 5.55. The van der Waals surface area contributed by atoms with Crippen molar-refractivity contribution in [3.05, 3.63) is 47.1 Å². The van der Waals surface area contributed by atoms with Gasteiger partial charge in [-0.15, -0.1) is 11.3 Å². The molecule has 7 nitrogen and oxygen atoms in total. The van der Waals surface area contributed by atoms with E-state index in [4.69, 9.17) is 4.74 Å². The summed E-state index contributed by atoms with van der Waals surface area (Å²) in [7, 11) is -3.25. The highest BCUT2D eigenvalue weighted by Gasteiger charge is 2.15. The van der Waals surface area contributed by atoms with Gasteiger partial charge in [0.25, 0.3) is 0 Å². The Hall–Kier alpha value is -2.67. The summed E-state index contributed by atoms with van der Waals surface area (Å²) in [5.74, 6) is 0.608. The van der Waals surface area contributed by atoms with Crippen LogP contribution in [0.25, 0.3) is 27.2 Å². The van der Waals surface area contributed by atoms with Crippen molar-refractivity contribution < 1.29 is 13.2 Å². The van der Waals surface area contributed by atoms with E-state index in [0.29, 0.717) is 24.5 Å². The van der Waals surface area contributed by atoms with Crippen LogP contribution in [-0.2, 0) is 21.3 Å². The highest BCUT2D eigenvalue weighted by Crippen LogP contribution is 2.34. The zero-order valence-electron chi connectivity index (χ0n) is 16.5. The van der Waals surface area contributed by atoms with Gasteiger partial charge in [-0.05, 0) is 32.0 Å². The smallest absolute Gasteiger partial charge is 0.208 e. The first-order chi connectivity index (χ1) is 13.7. The molecule has 0 saturated heterocycles.